The number of halogens is 4. The highest BCUT2D eigenvalue weighted by Crippen LogP contribution is 2.40. The van der Waals surface area contributed by atoms with E-state index in [0.717, 1.165) is 12.8 Å². The van der Waals surface area contributed by atoms with Crippen LogP contribution in [0.1, 0.15) is 73.0 Å². The smallest absolute Gasteiger partial charge is 0.270 e. The van der Waals surface area contributed by atoms with E-state index >= 15 is 17.6 Å². The highest BCUT2D eigenvalue weighted by atomic mass is 19.2. The van der Waals surface area contributed by atoms with Crippen LogP contribution in [0.25, 0.3) is 27.6 Å². The number of nitrogens with zero attached hydrogens (tertiary/aromatic N) is 8. The number of imide groups is 1. The average Bonchev–Trinajstić information content (AvgIpc) is 4.03. The van der Waals surface area contributed by atoms with Crippen molar-refractivity contribution in [3.05, 3.63) is 101 Å². The van der Waals surface area contributed by atoms with E-state index < -0.39 is 35.1 Å². The van der Waals surface area contributed by atoms with Gasteiger partial charge in [-0.05, 0) is 85.7 Å². The molecule has 0 spiro atoms. The van der Waals surface area contributed by atoms with E-state index in [1.165, 1.54) is 35.4 Å². The molecule has 5 aromatic rings. The van der Waals surface area contributed by atoms with Crippen LogP contribution in [-0.4, -0.2) is 130 Å². The molecule has 4 amide bonds. The van der Waals surface area contributed by atoms with Crippen molar-refractivity contribution in [2.75, 3.05) is 75.8 Å². The first-order valence-corrected chi connectivity index (χ1v) is 22.7. The first-order valence-electron chi connectivity index (χ1n) is 22.7. The van der Waals surface area contributed by atoms with Gasteiger partial charge in [0, 0.05) is 108 Å². The summed E-state index contributed by atoms with van der Waals surface area (Å²) in [4.78, 5) is 62.7. The molecule has 9 rings (SSSR count). The summed E-state index contributed by atoms with van der Waals surface area (Å²) in [6.45, 7) is 6.46. The zero-order valence-corrected chi connectivity index (χ0v) is 37.0. The molecule has 14 nitrogen and oxygen atoms in total. The number of rotatable bonds is 11. The van der Waals surface area contributed by atoms with Crippen LogP contribution in [0.3, 0.4) is 0 Å². The largest absolute Gasteiger partial charge is 0.369 e. The third-order valence-electron chi connectivity index (χ3n) is 13.7. The number of benzene rings is 3. The van der Waals surface area contributed by atoms with E-state index in [1.54, 1.807) is 41.0 Å². The van der Waals surface area contributed by atoms with Crippen molar-refractivity contribution in [3.8, 4) is 11.1 Å². The van der Waals surface area contributed by atoms with Crippen LogP contribution in [0.4, 0.5) is 28.9 Å². The van der Waals surface area contributed by atoms with Crippen LogP contribution in [-0.2, 0) is 20.9 Å². The predicted molar refractivity (Wildman–Crippen MR) is 241 cm³/mol. The van der Waals surface area contributed by atoms with E-state index in [2.05, 4.69) is 25.5 Å². The molecule has 1 unspecified atom stereocenters. The summed E-state index contributed by atoms with van der Waals surface area (Å²) < 4.78 is 66.7. The number of hydrogen-bond acceptors (Lipinski definition) is 9. The zero-order valence-electron chi connectivity index (χ0n) is 37.0. The van der Waals surface area contributed by atoms with Gasteiger partial charge in [0.25, 0.3) is 5.91 Å². The number of amides is 4. The lowest BCUT2D eigenvalue weighted by atomic mass is 9.90. The number of fused-ring (bicyclic) bond motifs is 1. The van der Waals surface area contributed by atoms with Crippen LogP contribution >= 0.6 is 0 Å². The molecule has 18 heteroatoms. The molecule has 2 aromatic heterocycles. The second-order valence-corrected chi connectivity index (χ2v) is 17.5. The van der Waals surface area contributed by atoms with Gasteiger partial charge in [0.1, 0.15) is 11.5 Å². The maximum atomic E-state index is 16.7. The number of aryl methyl sites for hydroxylation is 1. The lowest BCUT2D eigenvalue weighted by Gasteiger charge is -2.44. The Labute approximate surface area is 379 Å². The number of aromatic amines is 1. The minimum atomic E-state index is -1.10. The van der Waals surface area contributed by atoms with Gasteiger partial charge in [0.05, 0.1) is 35.6 Å². The number of hydrogen-bond donors (Lipinski definition) is 2. The third-order valence-corrected chi connectivity index (χ3v) is 13.7. The van der Waals surface area contributed by atoms with Crippen molar-refractivity contribution in [2.45, 2.75) is 64.0 Å². The second kappa shape index (κ2) is 18.7. The van der Waals surface area contributed by atoms with Gasteiger partial charge in [0.2, 0.25) is 17.7 Å². The third kappa shape index (κ3) is 8.77. The maximum Gasteiger partial charge on any atom is 0.270 e. The van der Waals surface area contributed by atoms with Crippen LogP contribution in [0.5, 0.6) is 0 Å². The van der Waals surface area contributed by atoms with Gasteiger partial charge in [-0.1, -0.05) is 17.4 Å². The highest BCUT2D eigenvalue weighted by Gasteiger charge is 2.33. The summed E-state index contributed by atoms with van der Waals surface area (Å²) in [5.74, 6) is -5.00. The molecule has 66 heavy (non-hydrogen) atoms. The van der Waals surface area contributed by atoms with Gasteiger partial charge in [-0.3, -0.25) is 34.1 Å². The van der Waals surface area contributed by atoms with E-state index in [4.69, 9.17) is 0 Å². The fourth-order valence-electron chi connectivity index (χ4n) is 9.85. The standard InChI is InChI=1S/C48H52F4N10O4/c1-3-57(2)48(66)38-27-36-35(26-34(44(51)46(36)54-38)30-5-4-16-61(28-30)42(64)14-19-62-20-15-53-56-62)33-7-10-40(45(52)43(33)50)60-23-21-58(22-24-60)31-12-17-59(18-13-31)39-9-6-29(25-37(39)49)32-8-11-41(63)55-47(32)65/h5-7,9-10,15,20,25-27,31-32,54H,3-4,8,11-14,16-19,21-24,28H2,1-2H3,(H,55,63,65). The Morgan fingerprint density at radius 3 is 2.30 bits per heavy atom. The van der Waals surface area contributed by atoms with Gasteiger partial charge in [-0.15, -0.1) is 5.10 Å². The Morgan fingerprint density at radius 2 is 1.59 bits per heavy atom. The Balaban J connectivity index is 0.898. The van der Waals surface area contributed by atoms with Gasteiger partial charge in [0.15, 0.2) is 17.5 Å². The Hall–Kier alpha value is -6.56. The summed E-state index contributed by atoms with van der Waals surface area (Å²) in [5, 5.41) is 10.2. The van der Waals surface area contributed by atoms with Crippen molar-refractivity contribution >= 4 is 51.5 Å². The lowest BCUT2D eigenvalue weighted by Crippen LogP contribution is -2.53. The number of piperidine rings is 2. The molecule has 0 aliphatic carbocycles. The summed E-state index contributed by atoms with van der Waals surface area (Å²) in [6, 6.07) is 11.1. The fourth-order valence-corrected chi connectivity index (χ4v) is 9.85. The molecule has 3 fully saturated rings. The lowest BCUT2D eigenvalue weighted by molar-refractivity contribution is -0.134. The highest BCUT2D eigenvalue weighted by molar-refractivity contribution is 6.05. The molecule has 0 radical (unpaired) electrons. The van der Waals surface area contributed by atoms with E-state index in [9.17, 15) is 19.2 Å². The molecule has 6 heterocycles. The summed E-state index contributed by atoms with van der Waals surface area (Å²) in [7, 11) is 1.62. The molecule has 2 N–H and O–H groups in total. The fraction of sp³-hybridized carbons (Fsp3) is 0.417. The van der Waals surface area contributed by atoms with Crippen molar-refractivity contribution in [1.29, 1.82) is 0 Å². The normalized spacial score (nSPS) is 18.8. The number of piperazine rings is 1. The molecular weight excluding hydrogens is 857 g/mol. The Morgan fingerprint density at radius 1 is 0.833 bits per heavy atom. The second-order valence-electron chi connectivity index (χ2n) is 17.5. The van der Waals surface area contributed by atoms with Crippen molar-refractivity contribution in [3.63, 3.8) is 0 Å². The van der Waals surface area contributed by atoms with Crippen molar-refractivity contribution < 1.29 is 36.7 Å². The number of aromatic nitrogens is 4. The number of carbonyl (C=O) groups excluding carboxylic acids is 4. The molecular formula is C48H52F4N10O4. The molecule has 3 aromatic carbocycles. The number of anilines is 2. The molecule has 346 valence electrons. The molecule has 0 bridgehead atoms. The quantitative estimate of drug-likeness (QED) is 0.119. The summed E-state index contributed by atoms with van der Waals surface area (Å²) in [5.41, 5.74) is 1.97. The SMILES string of the molecule is CCN(C)C(=O)c1cc2c(-c3ccc(N4CCN(C5CCN(c6ccc(C7CCC(=O)NC7=O)cc6F)CC5)CC4)c(F)c3F)cc(C3=CCCN(C(=O)CCn4ccnn4)C3)c(F)c2[nH]1. The van der Waals surface area contributed by atoms with Crippen LogP contribution in [0, 0.1) is 23.3 Å². The van der Waals surface area contributed by atoms with Gasteiger partial charge >= 0.3 is 0 Å². The summed E-state index contributed by atoms with van der Waals surface area (Å²) in [6.07, 6.45) is 7.82. The van der Waals surface area contributed by atoms with Crippen LogP contribution in [0.2, 0.25) is 0 Å². The number of carbonyl (C=O) groups is 4. The summed E-state index contributed by atoms with van der Waals surface area (Å²) >= 11 is 0. The number of H-pyrrole nitrogens is 1. The molecule has 4 aliphatic heterocycles. The van der Waals surface area contributed by atoms with Crippen LogP contribution < -0.4 is 15.1 Å². The monoisotopic (exact) mass is 908 g/mol. The average molecular weight is 909 g/mol. The molecule has 1 atom stereocenters. The first-order chi connectivity index (χ1) is 31.9. The molecule has 4 aliphatic rings. The minimum Gasteiger partial charge on any atom is -0.369 e. The van der Waals surface area contributed by atoms with E-state index in [-0.39, 0.29) is 82.1 Å². The van der Waals surface area contributed by atoms with Gasteiger partial charge in [-0.2, -0.15) is 0 Å². The molecule has 0 saturated carbocycles. The van der Waals surface area contributed by atoms with Crippen LogP contribution in [0.15, 0.2) is 60.9 Å². The number of nitrogens with one attached hydrogen (secondary N) is 2. The van der Waals surface area contributed by atoms with E-state index in [1.807, 2.05) is 22.8 Å². The van der Waals surface area contributed by atoms with Gasteiger partial charge in [-0.25, -0.2) is 17.6 Å². The minimum absolute atomic E-state index is 0.0236. The molecule has 3 saturated heterocycles. The topological polar surface area (TPSA) is 143 Å². The Bertz CT molecular complexity index is 2710. The maximum absolute atomic E-state index is 16.7. The van der Waals surface area contributed by atoms with Crippen molar-refractivity contribution in [1.82, 2.24) is 40.0 Å². The first kappa shape index (κ1) is 44.6. The predicted octanol–water partition coefficient (Wildman–Crippen LogP) is 6.09. The van der Waals surface area contributed by atoms with Crippen molar-refractivity contribution in [2.24, 2.45) is 0 Å². The zero-order chi connectivity index (χ0) is 46.2. The Kier molecular flexibility index (Phi) is 12.7. The van der Waals surface area contributed by atoms with Gasteiger partial charge < -0.3 is 24.6 Å². The van der Waals surface area contributed by atoms with E-state index in [0.29, 0.717) is 88.6 Å².